The summed E-state index contributed by atoms with van der Waals surface area (Å²) in [6, 6.07) is 0.686. The number of hydrogen-bond donors (Lipinski definition) is 2. The van der Waals surface area contributed by atoms with Crippen LogP contribution in [0.1, 0.15) is 26.2 Å². The standard InChI is InChI=1S/C13H27N3O/c1-2-16-8-9-17-13(11-16)10-15-12-4-3-6-14-7-5-12/h12-15H,2-11H2,1H3. The van der Waals surface area contributed by atoms with E-state index in [9.17, 15) is 0 Å². The molecular formula is C13H27N3O. The zero-order valence-electron chi connectivity index (χ0n) is 11.1. The highest BCUT2D eigenvalue weighted by Crippen LogP contribution is 2.07. The first-order valence-corrected chi connectivity index (χ1v) is 7.16. The van der Waals surface area contributed by atoms with Crippen LogP contribution in [0.3, 0.4) is 0 Å². The second-order valence-electron chi connectivity index (χ2n) is 5.17. The summed E-state index contributed by atoms with van der Waals surface area (Å²) < 4.78 is 5.81. The van der Waals surface area contributed by atoms with Gasteiger partial charge in [-0.25, -0.2) is 0 Å². The molecule has 17 heavy (non-hydrogen) atoms. The highest BCUT2D eigenvalue weighted by Gasteiger charge is 2.20. The second-order valence-corrected chi connectivity index (χ2v) is 5.17. The maximum absolute atomic E-state index is 5.81. The van der Waals surface area contributed by atoms with Gasteiger partial charge in [0.15, 0.2) is 0 Å². The van der Waals surface area contributed by atoms with Gasteiger partial charge in [-0.2, -0.15) is 0 Å². The molecule has 0 spiro atoms. The van der Waals surface area contributed by atoms with E-state index >= 15 is 0 Å². The molecule has 0 aromatic heterocycles. The summed E-state index contributed by atoms with van der Waals surface area (Å²) in [4.78, 5) is 2.48. The fourth-order valence-corrected chi connectivity index (χ4v) is 2.71. The van der Waals surface area contributed by atoms with Crippen molar-refractivity contribution in [3.8, 4) is 0 Å². The van der Waals surface area contributed by atoms with Gasteiger partial charge in [0.2, 0.25) is 0 Å². The van der Waals surface area contributed by atoms with Gasteiger partial charge < -0.3 is 15.4 Å². The molecule has 2 atom stereocenters. The molecule has 2 rings (SSSR count). The Morgan fingerprint density at radius 2 is 2.29 bits per heavy atom. The average Bonchev–Trinajstić information content (AvgIpc) is 2.65. The highest BCUT2D eigenvalue weighted by molar-refractivity contribution is 4.77. The molecule has 2 fully saturated rings. The van der Waals surface area contributed by atoms with Crippen molar-refractivity contribution >= 4 is 0 Å². The summed E-state index contributed by atoms with van der Waals surface area (Å²) in [5.74, 6) is 0. The van der Waals surface area contributed by atoms with Crippen LogP contribution in [0.5, 0.6) is 0 Å². The van der Waals surface area contributed by atoms with Gasteiger partial charge in [0.25, 0.3) is 0 Å². The Balaban J connectivity index is 1.66. The normalized spacial score (nSPS) is 32.3. The Hall–Kier alpha value is -0.160. The molecule has 0 aliphatic carbocycles. The minimum Gasteiger partial charge on any atom is -0.374 e. The summed E-state index contributed by atoms with van der Waals surface area (Å²) in [5, 5.41) is 7.14. The second kappa shape index (κ2) is 7.31. The minimum atomic E-state index is 0.389. The van der Waals surface area contributed by atoms with Crippen molar-refractivity contribution in [3.05, 3.63) is 0 Å². The molecule has 2 heterocycles. The van der Waals surface area contributed by atoms with E-state index < -0.39 is 0 Å². The average molecular weight is 241 g/mol. The van der Waals surface area contributed by atoms with E-state index in [1.807, 2.05) is 0 Å². The highest BCUT2D eigenvalue weighted by atomic mass is 16.5. The summed E-state index contributed by atoms with van der Waals surface area (Å²) in [6.45, 7) is 9.81. The molecule has 2 saturated heterocycles. The Morgan fingerprint density at radius 1 is 1.35 bits per heavy atom. The van der Waals surface area contributed by atoms with Crippen molar-refractivity contribution in [2.45, 2.75) is 38.3 Å². The van der Waals surface area contributed by atoms with E-state index in [1.54, 1.807) is 0 Å². The molecule has 0 aromatic carbocycles. The first-order chi connectivity index (χ1) is 8.38. The van der Waals surface area contributed by atoms with Crippen molar-refractivity contribution in [3.63, 3.8) is 0 Å². The smallest absolute Gasteiger partial charge is 0.0826 e. The van der Waals surface area contributed by atoms with Crippen molar-refractivity contribution in [1.29, 1.82) is 0 Å². The predicted molar refractivity (Wildman–Crippen MR) is 70.4 cm³/mol. The number of rotatable bonds is 4. The molecule has 0 aromatic rings. The lowest BCUT2D eigenvalue weighted by Gasteiger charge is -2.33. The molecule has 0 saturated carbocycles. The molecule has 2 aliphatic heterocycles. The molecular weight excluding hydrogens is 214 g/mol. The molecule has 2 aliphatic rings. The van der Waals surface area contributed by atoms with Crippen molar-refractivity contribution in [2.75, 3.05) is 45.9 Å². The van der Waals surface area contributed by atoms with Gasteiger partial charge in [0, 0.05) is 25.7 Å². The van der Waals surface area contributed by atoms with Gasteiger partial charge in [0.05, 0.1) is 12.7 Å². The lowest BCUT2D eigenvalue weighted by atomic mass is 10.1. The van der Waals surface area contributed by atoms with Crippen LogP contribution in [0, 0.1) is 0 Å². The fraction of sp³-hybridized carbons (Fsp3) is 1.00. The zero-order valence-corrected chi connectivity index (χ0v) is 11.1. The lowest BCUT2D eigenvalue weighted by molar-refractivity contribution is -0.0264. The number of nitrogens with one attached hydrogen (secondary N) is 2. The van der Waals surface area contributed by atoms with Crippen LogP contribution in [0.4, 0.5) is 0 Å². The largest absolute Gasteiger partial charge is 0.374 e. The zero-order chi connectivity index (χ0) is 11.9. The lowest BCUT2D eigenvalue weighted by Crippen LogP contribution is -2.48. The number of hydrogen-bond acceptors (Lipinski definition) is 4. The third kappa shape index (κ3) is 4.54. The van der Waals surface area contributed by atoms with Crippen molar-refractivity contribution < 1.29 is 4.74 Å². The molecule has 100 valence electrons. The van der Waals surface area contributed by atoms with Gasteiger partial charge in [-0.05, 0) is 38.9 Å². The third-order valence-corrected chi connectivity index (χ3v) is 3.88. The fourth-order valence-electron chi connectivity index (χ4n) is 2.71. The van der Waals surface area contributed by atoms with Crippen LogP contribution in [-0.2, 0) is 4.74 Å². The van der Waals surface area contributed by atoms with Crippen LogP contribution >= 0.6 is 0 Å². The van der Waals surface area contributed by atoms with E-state index in [0.29, 0.717) is 12.1 Å². The van der Waals surface area contributed by atoms with Crippen LogP contribution < -0.4 is 10.6 Å². The molecule has 4 nitrogen and oxygen atoms in total. The Morgan fingerprint density at radius 3 is 3.18 bits per heavy atom. The van der Waals surface area contributed by atoms with Gasteiger partial charge >= 0.3 is 0 Å². The summed E-state index contributed by atoms with van der Waals surface area (Å²) in [7, 11) is 0. The van der Waals surface area contributed by atoms with E-state index in [2.05, 4.69) is 22.5 Å². The number of nitrogens with zero attached hydrogens (tertiary/aromatic N) is 1. The number of likely N-dealkylation sites (N-methyl/N-ethyl adjacent to an activating group) is 1. The Labute approximate surface area is 105 Å². The van der Waals surface area contributed by atoms with E-state index in [-0.39, 0.29) is 0 Å². The van der Waals surface area contributed by atoms with Crippen molar-refractivity contribution in [2.24, 2.45) is 0 Å². The van der Waals surface area contributed by atoms with Crippen LogP contribution in [0.25, 0.3) is 0 Å². The number of morpholine rings is 1. The molecule has 0 radical (unpaired) electrons. The SMILES string of the molecule is CCN1CCOC(CNC2CCCNCC2)C1. The molecule has 0 bridgehead atoms. The maximum Gasteiger partial charge on any atom is 0.0826 e. The minimum absolute atomic E-state index is 0.389. The third-order valence-electron chi connectivity index (χ3n) is 3.88. The predicted octanol–water partition coefficient (Wildman–Crippen LogP) is 0.439. The molecule has 2 N–H and O–H groups in total. The quantitative estimate of drug-likeness (QED) is 0.749. The monoisotopic (exact) mass is 241 g/mol. The van der Waals surface area contributed by atoms with Crippen LogP contribution in [-0.4, -0.2) is 62.9 Å². The molecule has 2 unspecified atom stereocenters. The Bertz CT molecular complexity index is 205. The Kier molecular flexibility index (Phi) is 5.71. The van der Waals surface area contributed by atoms with Gasteiger partial charge in [0.1, 0.15) is 0 Å². The molecule has 0 amide bonds. The van der Waals surface area contributed by atoms with Gasteiger partial charge in [-0.15, -0.1) is 0 Å². The first kappa shape index (κ1) is 13.3. The van der Waals surface area contributed by atoms with Gasteiger partial charge in [-0.1, -0.05) is 6.92 Å². The molecule has 4 heteroatoms. The van der Waals surface area contributed by atoms with E-state index in [4.69, 9.17) is 4.74 Å². The van der Waals surface area contributed by atoms with Crippen LogP contribution in [0.2, 0.25) is 0 Å². The van der Waals surface area contributed by atoms with Gasteiger partial charge in [-0.3, -0.25) is 4.90 Å². The van der Waals surface area contributed by atoms with Crippen molar-refractivity contribution in [1.82, 2.24) is 15.5 Å². The number of ether oxygens (including phenoxy) is 1. The maximum atomic E-state index is 5.81. The van der Waals surface area contributed by atoms with E-state index in [1.165, 1.54) is 25.8 Å². The summed E-state index contributed by atoms with van der Waals surface area (Å²) in [6.07, 6.45) is 4.24. The summed E-state index contributed by atoms with van der Waals surface area (Å²) >= 11 is 0. The first-order valence-electron chi connectivity index (χ1n) is 7.16. The topological polar surface area (TPSA) is 36.5 Å². The summed E-state index contributed by atoms with van der Waals surface area (Å²) in [5.41, 5.74) is 0. The van der Waals surface area contributed by atoms with Crippen LogP contribution in [0.15, 0.2) is 0 Å². The van der Waals surface area contributed by atoms with E-state index in [0.717, 1.165) is 39.3 Å².